The van der Waals surface area contributed by atoms with Crippen molar-refractivity contribution in [1.82, 2.24) is 0 Å². The number of carboxylic acid groups (broad SMARTS) is 1. The second-order valence-electron chi connectivity index (χ2n) is 6.14. The van der Waals surface area contributed by atoms with E-state index in [1.54, 1.807) is 0 Å². The summed E-state index contributed by atoms with van der Waals surface area (Å²) in [5, 5.41) is 19.9. The van der Waals surface area contributed by atoms with Gasteiger partial charge in [0.25, 0.3) is 0 Å². The molecule has 0 saturated heterocycles. The summed E-state index contributed by atoms with van der Waals surface area (Å²) in [5.74, 6) is -2.62. The highest BCUT2D eigenvalue weighted by Gasteiger charge is 2.52. The van der Waals surface area contributed by atoms with E-state index < -0.39 is 23.4 Å². The third-order valence-electron chi connectivity index (χ3n) is 4.80. The van der Waals surface area contributed by atoms with E-state index in [0.29, 0.717) is 25.5 Å². The van der Waals surface area contributed by atoms with Crippen molar-refractivity contribution < 1.29 is 24.6 Å². The van der Waals surface area contributed by atoms with Crippen molar-refractivity contribution in [3.8, 4) is 0 Å². The van der Waals surface area contributed by atoms with Gasteiger partial charge in [-0.05, 0) is 38.0 Å². The molecule has 20 heavy (non-hydrogen) atoms. The van der Waals surface area contributed by atoms with Crippen LogP contribution in [0.3, 0.4) is 0 Å². The zero-order valence-electron chi connectivity index (χ0n) is 12.3. The van der Waals surface area contributed by atoms with Gasteiger partial charge in [-0.2, -0.15) is 0 Å². The molecular formula is C15H24O5. The average molecular weight is 284 g/mol. The van der Waals surface area contributed by atoms with Crippen LogP contribution in [0.1, 0.15) is 46.5 Å². The zero-order chi connectivity index (χ0) is 15.5. The van der Waals surface area contributed by atoms with Gasteiger partial charge < -0.3 is 19.8 Å². The highest BCUT2D eigenvalue weighted by Crippen LogP contribution is 2.46. The van der Waals surface area contributed by atoms with Crippen LogP contribution in [0.25, 0.3) is 0 Å². The maximum atomic E-state index is 11.5. The number of carboxylic acids is 1. The van der Waals surface area contributed by atoms with E-state index in [4.69, 9.17) is 5.11 Å². The molecule has 0 aromatic heterocycles. The van der Waals surface area contributed by atoms with Gasteiger partial charge in [-0.3, -0.25) is 4.79 Å². The molecule has 1 saturated carbocycles. The summed E-state index contributed by atoms with van der Waals surface area (Å²) < 4.78 is 0. The molecule has 0 aromatic carbocycles. The molecule has 0 heterocycles. The predicted octanol–water partition coefficient (Wildman–Crippen LogP) is 1.67. The van der Waals surface area contributed by atoms with Gasteiger partial charge in [-0.1, -0.05) is 13.8 Å². The first-order valence-electron chi connectivity index (χ1n) is 7.15. The number of hydrogen-bond acceptors (Lipinski definition) is 4. The minimum atomic E-state index is -1.65. The zero-order valence-corrected chi connectivity index (χ0v) is 12.3. The number of carbonyl (C=O) groups is 3. The lowest BCUT2D eigenvalue weighted by Crippen LogP contribution is -2.55. The van der Waals surface area contributed by atoms with E-state index >= 15 is 0 Å². The van der Waals surface area contributed by atoms with Crippen molar-refractivity contribution in [1.29, 1.82) is 0 Å². The third kappa shape index (κ3) is 3.26. The smallest absolute Gasteiger partial charge is 0.306 e. The number of ketones is 1. The first-order valence-corrected chi connectivity index (χ1v) is 7.15. The van der Waals surface area contributed by atoms with Crippen LogP contribution in [0.2, 0.25) is 0 Å². The molecule has 5 nitrogen and oxygen atoms in total. The third-order valence-corrected chi connectivity index (χ3v) is 4.80. The largest absolute Gasteiger partial charge is 0.481 e. The number of aldehydes is 1. The second kappa shape index (κ2) is 6.48. The van der Waals surface area contributed by atoms with E-state index in [0.717, 1.165) is 6.42 Å². The monoisotopic (exact) mass is 284 g/mol. The second-order valence-corrected chi connectivity index (χ2v) is 6.14. The molecular weight excluding hydrogens is 260 g/mol. The minimum Gasteiger partial charge on any atom is -0.481 e. The van der Waals surface area contributed by atoms with E-state index in [-0.39, 0.29) is 17.6 Å². The van der Waals surface area contributed by atoms with Crippen LogP contribution in [0.5, 0.6) is 0 Å². The van der Waals surface area contributed by atoms with E-state index in [1.807, 2.05) is 6.92 Å². The number of carbonyl (C=O) groups excluding carboxylic acids is 2. The van der Waals surface area contributed by atoms with Gasteiger partial charge in [0.1, 0.15) is 11.4 Å². The Morgan fingerprint density at radius 1 is 1.40 bits per heavy atom. The van der Waals surface area contributed by atoms with Crippen molar-refractivity contribution in [2.45, 2.75) is 52.1 Å². The molecule has 2 unspecified atom stereocenters. The Balaban J connectivity index is 3.03. The quantitative estimate of drug-likeness (QED) is 0.724. The molecule has 1 aliphatic rings. The lowest BCUT2D eigenvalue weighted by Gasteiger charge is -2.47. The Labute approximate surface area is 119 Å². The number of hydrogen-bond donors (Lipinski definition) is 2. The Bertz CT molecular complexity index is 392. The number of Topliss-reactive ketones (excluding diaryl/α,β-unsaturated/α-hetero) is 1. The molecule has 0 bridgehead atoms. The summed E-state index contributed by atoms with van der Waals surface area (Å²) >= 11 is 0. The molecule has 1 rings (SSSR count). The van der Waals surface area contributed by atoms with Crippen molar-refractivity contribution in [2.24, 2.45) is 23.7 Å². The molecule has 1 fully saturated rings. The number of aliphatic hydroxyl groups is 1. The summed E-state index contributed by atoms with van der Waals surface area (Å²) in [6.45, 7) is 4.95. The summed E-state index contributed by atoms with van der Waals surface area (Å²) in [7, 11) is 0. The number of aliphatic carboxylic acids is 1. The molecule has 114 valence electrons. The van der Waals surface area contributed by atoms with Crippen LogP contribution in [0.4, 0.5) is 0 Å². The summed E-state index contributed by atoms with van der Waals surface area (Å²) in [4.78, 5) is 33.8. The van der Waals surface area contributed by atoms with E-state index in [1.165, 1.54) is 13.8 Å². The van der Waals surface area contributed by atoms with E-state index in [9.17, 15) is 19.5 Å². The maximum absolute atomic E-state index is 11.5. The molecule has 0 aliphatic heterocycles. The van der Waals surface area contributed by atoms with E-state index in [2.05, 4.69) is 0 Å². The van der Waals surface area contributed by atoms with Gasteiger partial charge in [-0.25, -0.2) is 0 Å². The first-order chi connectivity index (χ1) is 9.24. The normalized spacial score (nSPS) is 35.3. The fourth-order valence-corrected chi connectivity index (χ4v) is 3.48. The molecule has 0 radical (unpaired) electrons. The van der Waals surface area contributed by atoms with Gasteiger partial charge in [0.2, 0.25) is 0 Å². The van der Waals surface area contributed by atoms with Gasteiger partial charge in [0.05, 0.1) is 5.92 Å². The summed E-state index contributed by atoms with van der Waals surface area (Å²) in [6.07, 6.45) is 2.51. The van der Waals surface area contributed by atoms with Crippen LogP contribution in [-0.2, 0) is 14.4 Å². The standard InChI is InChI=1S/C15H24O5/c1-9-4-6-13(11(3)14(18)19)15(20,8-16)12(9)7-5-10(2)17/h8-9,11-13,20H,4-7H2,1-3H3,(H,18,19)/t9-,11-,12?,13?,15-/m1/s1. The highest BCUT2D eigenvalue weighted by atomic mass is 16.4. The molecule has 0 amide bonds. The van der Waals surface area contributed by atoms with Crippen molar-refractivity contribution >= 4 is 18.0 Å². The lowest BCUT2D eigenvalue weighted by molar-refractivity contribution is -0.166. The molecule has 5 heteroatoms. The Morgan fingerprint density at radius 2 is 2.00 bits per heavy atom. The first kappa shape index (κ1) is 16.8. The topological polar surface area (TPSA) is 91.7 Å². The summed E-state index contributed by atoms with van der Waals surface area (Å²) in [5.41, 5.74) is -1.65. The van der Waals surface area contributed by atoms with Gasteiger partial charge in [0.15, 0.2) is 6.29 Å². The summed E-state index contributed by atoms with van der Waals surface area (Å²) in [6, 6.07) is 0. The van der Waals surface area contributed by atoms with Crippen LogP contribution in [-0.4, -0.2) is 33.9 Å². The predicted molar refractivity (Wildman–Crippen MR) is 73.1 cm³/mol. The fourth-order valence-electron chi connectivity index (χ4n) is 3.48. The van der Waals surface area contributed by atoms with Crippen molar-refractivity contribution in [3.05, 3.63) is 0 Å². The average Bonchev–Trinajstić information content (AvgIpc) is 2.37. The SMILES string of the molecule is CC(=O)CCC1[C@H](C)CCC([C@@H](C)C(=O)O)[C@@]1(O)C=O. The molecule has 0 spiro atoms. The Kier molecular flexibility index (Phi) is 5.45. The highest BCUT2D eigenvalue weighted by molar-refractivity contribution is 5.76. The molecule has 0 aromatic rings. The van der Waals surface area contributed by atoms with Crippen LogP contribution < -0.4 is 0 Å². The van der Waals surface area contributed by atoms with Crippen LogP contribution >= 0.6 is 0 Å². The Morgan fingerprint density at radius 3 is 2.45 bits per heavy atom. The van der Waals surface area contributed by atoms with Gasteiger partial charge >= 0.3 is 5.97 Å². The molecule has 5 atom stereocenters. The minimum absolute atomic E-state index is 0.0128. The Hall–Kier alpha value is -1.23. The molecule has 2 N–H and O–H groups in total. The van der Waals surface area contributed by atoms with Crippen LogP contribution in [0.15, 0.2) is 0 Å². The maximum Gasteiger partial charge on any atom is 0.306 e. The molecule has 1 aliphatic carbocycles. The van der Waals surface area contributed by atoms with Gasteiger partial charge in [0, 0.05) is 12.3 Å². The van der Waals surface area contributed by atoms with Crippen molar-refractivity contribution in [3.63, 3.8) is 0 Å². The van der Waals surface area contributed by atoms with Gasteiger partial charge in [-0.15, -0.1) is 0 Å². The van der Waals surface area contributed by atoms with Crippen LogP contribution in [0, 0.1) is 23.7 Å². The van der Waals surface area contributed by atoms with Crippen molar-refractivity contribution in [2.75, 3.05) is 0 Å². The lowest BCUT2D eigenvalue weighted by atomic mass is 9.60. The number of rotatable bonds is 6. The fraction of sp³-hybridized carbons (Fsp3) is 0.800.